The zero-order valence-electron chi connectivity index (χ0n) is 7.37. The Kier molecular flexibility index (Phi) is 2.90. The number of halogens is 2. The molecule has 0 atom stereocenters. The van der Waals surface area contributed by atoms with Gasteiger partial charge in [0, 0.05) is 14.5 Å². The van der Waals surface area contributed by atoms with Gasteiger partial charge in [-0.1, -0.05) is 6.07 Å². The molecule has 3 nitrogen and oxygen atoms in total. The molecule has 14 heavy (non-hydrogen) atoms. The van der Waals surface area contributed by atoms with Crippen molar-refractivity contribution in [3.63, 3.8) is 0 Å². The van der Waals surface area contributed by atoms with E-state index in [0.29, 0.717) is 0 Å². The van der Waals surface area contributed by atoms with Gasteiger partial charge in [0.15, 0.2) is 0 Å². The Morgan fingerprint density at radius 3 is 2.43 bits per heavy atom. The van der Waals surface area contributed by atoms with Gasteiger partial charge in [-0.15, -0.1) is 0 Å². The normalized spacial score (nSPS) is 15.9. The fourth-order valence-electron chi connectivity index (χ4n) is 1.39. The number of rotatable bonds is 1. The van der Waals surface area contributed by atoms with Crippen molar-refractivity contribution in [1.29, 1.82) is 0 Å². The maximum Gasteiger partial charge on any atom is 0.147 e. The lowest BCUT2D eigenvalue weighted by molar-refractivity contribution is 0.484. The van der Waals surface area contributed by atoms with E-state index >= 15 is 0 Å². The van der Waals surface area contributed by atoms with Gasteiger partial charge in [0.25, 0.3) is 0 Å². The molecule has 0 bridgehead atoms. The zero-order chi connectivity index (χ0) is 10.1. The summed E-state index contributed by atoms with van der Waals surface area (Å²) in [6.07, 6.45) is 0. The van der Waals surface area contributed by atoms with Crippen LogP contribution in [0.4, 0.5) is 0 Å². The van der Waals surface area contributed by atoms with Crippen LogP contribution >= 0.6 is 31.9 Å². The van der Waals surface area contributed by atoms with Crippen LogP contribution in [0.3, 0.4) is 0 Å². The summed E-state index contributed by atoms with van der Waals surface area (Å²) in [5.74, 6) is 6.65. The minimum absolute atomic E-state index is 0.763. The molecule has 0 aliphatic carbocycles. The van der Waals surface area contributed by atoms with E-state index in [-0.39, 0.29) is 0 Å². The fraction of sp³-hybridized carbons (Fsp3) is 0.222. The van der Waals surface area contributed by atoms with Gasteiger partial charge in [-0.3, -0.25) is 10.0 Å². The predicted molar refractivity (Wildman–Crippen MR) is 64.1 cm³/mol. The number of hydrazine groups is 1. The summed E-state index contributed by atoms with van der Waals surface area (Å²) in [4.78, 5) is 4.37. The third-order valence-corrected chi connectivity index (χ3v) is 3.38. The van der Waals surface area contributed by atoms with Crippen LogP contribution in [0.25, 0.3) is 0 Å². The highest BCUT2D eigenvalue weighted by molar-refractivity contribution is 9.11. The van der Waals surface area contributed by atoms with Crippen molar-refractivity contribution in [3.05, 3.63) is 32.7 Å². The summed E-state index contributed by atoms with van der Waals surface area (Å²) in [5.41, 5.74) is 1.02. The molecule has 0 saturated carbocycles. The van der Waals surface area contributed by atoms with E-state index in [9.17, 15) is 0 Å². The molecular weight excluding hydrogens is 310 g/mol. The van der Waals surface area contributed by atoms with E-state index in [2.05, 4.69) is 36.9 Å². The first kappa shape index (κ1) is 10.1. The average Bonchev–Trinajstić information content (AvgIpc) is 2.52. The summed E-state index contributed by atoms with van der Waals surface area (Å²) < 4.78 is 2.01. The average molecular weight is 319 g/mol. The largest absolute Gasteiger partial charge is 0.293 e. The van der Waals surface area contributed by atoms with E-state index < -0.39 is 0 Å². The predicted octanol–water partition coefficient (Wildman–Crippen LogP) is 2.15. The minimum atomic E-state index is 0.763. The number of nitrogens with two attached hydrogens (primary N) is 1. The monoisotopic (exact) mass is 317 g/mol. The number of hydrogen-bond acceptors (Lipinski definition) is 3. The van der Waals surface area contributed by atoms with E-state index in [1.54, 1.807) is 5.01 Å². The van der Waals surface area contributed by atoms with Crippen molar-refractivity contribution in [3.8, 4) is 0 Å². The second kappa shape index (κ2) is 4.00. The van der Waals surface area contributed by atoms with Crippen molar-refractivity contribution >= 4 is 37.7 Å². The zero-order valence-corrected chi connectivity index (χ0v) is 10.5. The highest BCUT2D eigenvalue weighted by Gasteiger charge is 2.19. The van der Waals surface area contributed by atoms with Crippen molar-refractivity contribution in [2.24, 2.45) is 10.8 Å². The molecule has 0 amide bonds. The smallest absolute Gasteiger partial charge is 0.147 e. The van der Waals surface area contributed by atoms with Crippen molar-refractivity contribution < 1.29 is 0 Å². The molecule has 0 fully saturated rings. The summed E-state index contributed by atoms with van der Waals surface area (Å²) >= 11 is 6.98. The van der Waals surface area contributed by atoms with Crippen LogP contribution in [0.15, 0.2) is 32.1 Å². The van der Waals surface area contributed by atoms with Crippen molar-refractivity contribution in [2.75, 3.05) is 13.1 Å². The van der Waals surface area contributed by atoms with Crippen LogP contribution in [-0.4, -0.2) is 23.9 Å². The molecule has 0 saturated heterocycles. The second-order valence-electron chi connectivity index (χ2n) is 3.00. The Morgan fingerprint density at radius 1 is 1.29 bits per heavy atom. The minimum Gasteiger partial charge on any atom is -0.293 e. The van der Waals surface area contributed by atoms with Gasteiger partial charge in [0.2, 0.25) is 0 Å². The summed E-state index contributed by atoms with van der Waals surface area (Å²) in [6.45, 7) is 1.54. The van der Waals surface area contributed by atoms with Crippen LogP contribution < -0.4 is 5.84 Å². The van der Waals surface area contributed by atoms with Crippen molar-refractivity contribution in [1.82, 2.24) is 5.01 Å². The molecule has 0 radical (unpaired) electrons. The number of nitrogens with zero attached hydrogens (tertiary/aromatic N) is 2. The Morgan fingerprint density at radius 2 is 1.93 bits per heavy atom. The summed E-state index contributed by atoms with van der Waals surface area (Å²) in [5, 5.41) is 1.67. The molecule has 0 spiro atoms. The quantitative estimate of drug-likeness (QED) is 0.806. The van der Waals surface area contributed by atoms with E-state index in [0.717, 1.165) is 33.4 Å². The molecule has 1 aromatic rings. The van der Waals surface area contributed by atoms with Crippen LogP contribution in [0.2, 0.25) is 0 Å². The van der Waals surface area contributed by atoms with Crippen LogP contribution in [0.1, 0.15) is 5.56 Å². The lowest BCUT2D eigenvalue weighted by Gasteiger charge is -2.15. The molecule has 5 heteroatoms. The van der Waals surface area contributed by atoms with Crippen LogP contribution in [-0.2, 0) is 0 Å². The number of benzene rings is 1. The number of hydrogen-bond donors (Lipinski definition) is 1. The molecule has 1 aliphatic rings. The van der Waals surface area contributed by atoms with Gasteiger partial charge < -0.3 is 0 Å². The number of aliphatic imine (C=N–C) groups is 1. The highest BCUT2D eigenvalue weighted by Crippen LogP contribution is 2.27. The summed E-state index contributed by atoms with van der Waals surface area (Å²) in [7, 11) is 0. The first-order valence-corrected chi connectivity index (χ1v) is 5.80. The van der Waals surface area contributed by atoms with Gasteiger partial charge in [-0.2, -0.15) is 0 Å². The molecule has 0 aromatic heterocycles. The van der Waals surface area contributed by atoms with Crippen LogP contribution in [0, 0.1) is 0 Å². The Balaban J connectivity index is 2.50. The lowest BCUT2D eigenvalue weighted by atomic mass is 10.2. The van der Waals surface area contributed by atoms with Crippen LogP contribution in [0.5, 0.6) is 0 Å². The molecule has 1 heterocycles. The highest BCUT2D eigenvalue weighted by atomic mass is 79.9. The standard InChI is InChI=1S/C9H9Br2N3/c10-6-2-1-3-7(11)8(6)9-13-4-5-14(9)12/h1-3H,4-5,12H2. The maximum atomic E-state index is 5.81. The fourth-order valence-corrected chi connectivity index (χ4v) is 2.75. The van der Waals surface area contributed by atoms with Gasteiger partial charge in [0.05, 0.1) is 13.1 Å². The Bertz CT molecular complexity index is 369. The molecule has 2 rings (SSSR count). The first-order chi connectivity index (χ1) is 6.70. The third-order valence-electron chi connectivity index (χ3n) is 2.06. The van der Waals surface area contributed by atoms with Gasteiger partial charge in [-0.25, -0.2) is 5.84 Å². The molecule has 74 valence electrons. The first-order valence-electron chi connectivity index (χ1n) is 4.21. The van der Waals surface area contributed by atoms with E-state index in [1.165, 1.54) is 0 Å². The lowest BCUT2D eigenvalue weighted by Crippen LogP contribution is -2.35. The molecule has 1 aliphatic heterocycles. The Labute approximate surface area is 99.2 Å². The maximum absolute atomic E-state index is 5.81. The second-order valence-corrected chi connectivity index (χ2v) is 4.70. The SMILES string of the molecule is NN1CCN=C1c1c(Br)cccc1Br. The van der Waals surface area contributed by atoms with Gasteiger partial charge >= 0.3 is 0 Å². The van der Waals surface area contributed by atoms with E-state index in [4.69, 9.17) is 5.84 Å². The molecule has 1 aromatic carbocycles. The molecular formula is C9H9Br2N3. The topological polar surface area (TPSA) is 41.6 Å². The molecule has 2 N–H and O–H groups in total. The van der Waals surface area contributed by atoms with Crippen molar-refractivity contribution in [2.45, 2.75) is 0 Å². The van der Waals surface area contributed by atoms with E-state index in [1.807, 2.05) is 18.2 Å². The Hall–Kier alpha value is -0.390. The van der Waals surface area contributed by atoms with Gasteiger partial charge in [0.1, 0.15) is 5.84 Å². The summed E-state index contributed by atoms with van der Waals surface area (Å²) in [6, 6.07) is 5.93. The number of amidine groups is 1. The third kappa shape index (κ3) is 1.71. The molecule has 0 unspecified atom stereocenters. The van der Waals surface area contributed by atoms with Gasteiger partial charge in [-0.05, 0) is 44.0 Å².